The van der Waals surface area contributed by atoms with Gasteiger partial charge in [-0.15, -0.1) is 0 Å². The van der Waals surface area contributed by atoms with Crippen LogP contribution in [0.3, 0.4) is 0 Å². The molecule has 0 heterocycles. The Kier molecular flexibility index (Phi) is 6.33. The molecule has 0 aliphatic rings. The van der Waals surface area contributed by atoms with Gasteiger partial charge in [0.15, 0.2) is 0 Å². The van der Waals surface area contributed by atoms with E-state index in [-0.39, 0.29) is 5.91 Å². The number of carbonyl (C=O) groups is 1. The van der Waals surface area contributed by atoms with Crippen LogP contribution in [-0.4, -0.2) is 12.5 Å². The van der Waals surface area contributed by atoms with Gasteiger partial charge in [0.05, 0.1) is 0 Å². The summed E-state index contributed by atoms with van der Waals surface area (Å²) in [4.78, 5) is 11.3. The van der Waals surface area contributed by atoms with Crippen LogP contribution in [0.2, 0.25) is 0 Å². The second kappa shape index (κ2) is 7.85. The first-order chi connectivity index (χ1) is 8.26. The number of hydrogen-bond donors (Lipinski definition) is 2. The highest BCUT2D eigenvalue weighted by atomic mass is 16.1. The van der Waals surface area contributed by atoms with Crippen molar-refractivity contribution in [3.63, 3.8) is 0 Å². The molecule has 17 heavy (non-hydrogen) atoms. The molecule has 1 aromatic rings. The van der Waals surface area contributed by atoms with E-state index in [4.69, 9.17) is 5.73 Å². The van der Waals surface area contributed by atoms with Crippen LogP contribution in [-0.2, 0) is 11.2 Å². The summed E-state index contributed by atoms with van der Waals surface area (Å²) in [7, 11) is 0. The normalized spacial score (nSPS) is 10.2. The molecular weight excluding hydrogens is 212 g/mol. The third-order valence-electron chi connectivity index (χ3n) is 2.68. The second-order valence-corrected chi connectivity index (χ2v) is 4.24. The summed E-state index contributed by atoms with van der Waals surface area (Å²) in [5.41, 5.74) is 7.49. The molecule has 3 N–H and O–H groups in total. The van der Waals surface area contributed by atoms with Crippen molar-refractivity contribution in [2.45, 2.75) is 39.0 Å². The highest BCUT2D eigenvalue weighted by Crippen LogP contribution is 2.12. The molecule has 0 bridgehead atoms. The number of carbonyl (C=O) groups excluding carboxylic acids is 1. The number of rotatable bonds is 7. The Bertz CT molecular complexity index is 333. The van der Waals surface area contributed by atoms with E-state index in [0.717, 1.165) is 12.1 Å². The zero-order chi connectivity index (χ0) is 12.5. The molecule has 0 saturated heterocycles. The summed E-state index contributed by atoms with van der Waals surface area (Å²) in [6, 6.07) is 8.06. The highest BCUT2D eigenvalue weighted by Gasteiger charge is 2.00. The summed E-state index contributed by atoms with van der Waals surface area (Å²) in [6.45, 7) is 2.59. The number of benzene rings is 1. The molecule has 0 aliphatic carbocycles. The van der Waals surface area contributed by atoms with E-state index in [9.17, 15) is 4.79 Å². The van der Waals surface area contributed by atoms with Gasteiger partial charge in [0, 0.05) is 18.7 Å². The maximum atomic E-state index is 11.3. The van der Waals surface area contributed by atoms with E-state index >= 15 is 0 Å². The molecule has 0 saturated carbocycles. The van der Waals surface area contributed by atoms with Crippen LogP contribution < -0.4 is 11.1 Å². The van der Waals surface area contributed by atoms with Crippen LogP contribution in [0, 0.1) is 0 Å². The van der Waals surface area contributed by atoms with Gasteiger partial charge in [-0.05, 0) is 30.5 Å². The molecule has 1 rings (SSSR count). The van der Waals surface area contributed by atoms with Gasteiger partial charge in [0.25, 0.3) is 0 Å². The minimum Gasteiger partial charge on any atom is -0.330 e. The SMILES string of the molecule is CCCCCc1ccc(NC(=O)CCN)cc1. The maximum absolute atomic E-state index is 11.3. The number of anilines is 1. The van der Waals surface area contributed by atoms with Gasteiger partial charge in [0.2, 0.25) is 5.91 Å². The van der Waals surface area contributed by atoms with Gasteiger partial charge >= 0.3 is 0 Å². The molecule has 0 aromatic heterocycles. The number of nitrogens with two attached hydrogens (primary N) is 1. The molecule has 0 unspecified atom stereocenters. The summed E-state index contributed by atoms with van der Waals surface area (Å²) in [5, 5.41) is 2.82. The number of aryl methyl sites for hydroxylation is 1. The number of nitrogens with one attached hydrogen (secondary N) is 1. The lowest BCUT2D eigenvalue weighted by Gasteiger charge is -2.05. The minimum absolute atomic E-state index is 0.0220. The van der Waals surface area contributed by atoms with E-state index in [1.54, 1.807) is 0 Å². The monoisotopic (exact) mass is 234 g/mol. The van der Waals surface area contributed by atoms with E-state index in [0.29, 0.717) is 13.0 Å². The lowest BCUT2D eigenvalue weighted by Crippen LogP contribution is -2.16. The first kappa shape index (κ1) is 13.7. The van der Waals surface area contributed by atoms with Crippen molar-refractivity contribution in [2.24, 2.45) is 5.73 Å². The Balaban J connectivity index is 2.41. The topological polar surface area (TPSA) is 55.1 Å². The fourth-order valence-electron chi connectivity index (χ4n) is 1.69. The first-order valence-corrected chi connectivity index (χ1v) is 6.35. The van der Waals surface area contributed by atoms with Gasteiger partial charge < -0.3 is 11.1 Å². The predicted molar refractivity (Wildman–Crippen MR) is 72.0 cm³/mol. The van der Waals surface area contributed by atoms with Crippen LogP contribution in [0.25, 0.3) is 0 Å². The summed E-state index contributed by atoms with van der Waals surface area (Å²) in [5.74, 6) is -0.0220. The average molecular weight is 234 g/mol. The van der Waals surface area contributed by atoms with Gasteiger partial charge in [-0.1, -0.05) is 31.9 Å². The van der Waals surface area contributed by atoms with Gasteiger partial charge in [-0.3, -0.25) is 4.79 Å². The molecule has 3 heteroatoms. The Morgan fingerprint density at radius 2 is 1.94 bits per heavy atom. The molecule has 0 aliphatic heterocycles. The molecule has 3 nitrogen and oxygen atoms in total. The van der Waals surface area contributed by atoms with Crippen LogP contribution >= 0.6 is 0 Å². The molecule has 0 radical (unpaired) electrons. The molecule has 1 amide bonds. The number of amides is 1. The Morgan fingerprint density at radius 3 is 2.53 bits per heavy atom. The quantitative estimate of drug-likeness (QED) is 0.713. The number of unbranched alkanes of at least 4 members (excludes halogenated alkanes) is 2. The lowest BCUT2D eigenvalue weighted by atomic mass is 10.1. The fraction of sp³-hybridized carbons (Fsp3) is 0.500. The molecule has 1 aromatic carbocycles. The van der Waals surface area contributed by atoms with Crippen molar-refractivity contribution >= 4 is 11.6 Å². The van der Waals surface area contributed by atoms with E-state index < -0.39 is 0 Å². The number of hydrogen-bond acceptors (Lipinski definition) is 2. The fourth-order valence-corrected chi connectivity index (χ4v) is 1.69. The summed E-state index contributed by atoms with van der Waals surface area (Å²) in [6.07, 6.45) is 5.24. The third kappa shape index (κ3) is 5.50. The largest absolute Gasteiger partial charge is 0.330 e. The van der Waals surface area contributed by atoms with Gasteiger partial charge in [-0.25, -0.2) is 0 Å². The van der Waals surface area contributed by atoms with Crippen LogP contribution in [0.5, 0.6) is 0 Å². The Hall–Kier alpha value is -1.35. The molecule has 0 fully saturated rings. The highest BCUT2D eigenvalue weighted by molar-refractivity contribution is 5.90. The predicted octanol–water partition coefficient (Wildman–Crippen LogP) is 2.71. The molecule has 0 spiro atoms. The standard InChI is InChI=1S/C14H22N2O/c1-2-3-4-5-12-6-8-13(9-7-12)16-14(17)10-11-15/h6-9H,2-5,10-11,15H2,1H3,(H,16,17). The smallest absolute Gasteiger partial charge is 0.225 e. The van der Waals surface area contributed by atoms with E-state index in [2.05, 4.69) is 24.4 Å². The Labute approximate surface area is 103 Å². The van der Waals surface area contributed by atoms with Crippen molar-refractivity contribution in [1.29, 1.82) is 0 Å². The average Bonchev–Trinajstić information content (AvgIpc) is 2.32. The minimum atomic E-state index is -0.0220. The van der Waals surface area contributed by atoms with Crippen LogP contribution in [0.15, 0.2) is 24.3 Å². The Morgan fingerprint density at radius 1 is 1.24 bits per heavy atom. The van der Waals surface area contributed by atoms with Gasteiger partial charge in [-0.2, -0.15) is 0 Å². The zero-order valence-corrected chi connectivity index (χ0v) is 10.5. The van der Waals surface area contributed by atoms with Crippen molar-refractivity contribution in [3.8, 4) is 0 Å². The van der Waals surface area contributed by atoms with Crippen LogP contribution in [0.1, 0.15) is 38.2 Å². The first-order valence-electron chi connectivity index (χ1n) is 6.35. The lowest BCUT2D eigenvalue weighted by molar-refractivity contribution is -0.116. The van der Waals surface area contributed by atoms with Crippen molar-refractivity contribution in [3.05, 3.63) is 29.8 Å². The summed E-state index contributed by atoms with van der Waals surface area (Å²) >= 11 is 0. The molecular formula is C14H22N2O. The third-order valence-corrected chi connectivity index (χ3v) is 2.68. The maximum Gasteiger partial charge on any atom is 0.225 e. The van der Waals surface area contributed by atoms with Gasteiger partial charge in [0.1, 0.15) is 0 Å². The van der Waals surface area contributed by atoms with E-state index in [1.807, 2.05) is 12.1 Å². The van der Waals surface area contributed by atoms with Crippen LogP contribution in [0.4, 0.5) is 5.69 Å². The van der Waals surface area contributed by atoms with E-state index in [1.165, 1.54) is 24.8 Å². The van der Waals surface area contributed by atoms with Crippen molar-refractivity contribution < 1.29 is 4.79 Å². The van der Waals surface area contributed by atoms with Crippen molar-refractivity contribution in [1.82, 2.24) is 0 Å². The second-order valence-electron chi connectivity index (χ2n) is 4.24. The molecule has 0 atom stereocenters. The molecule has 94 valence electrons. The van der Waals surface area contributed by atoms with Crippen molar-refractivity contribution in [2.75, 3.05) is 11.9 Å². The summed E-state index contributed by atoms with van der Waals surface area (Å²) < 4.78 is 0. The zero-order valence-electron chi connectivity index (χ0n) is 10.5.